The van der Waals surface area contributed by atoms with E-state index in [1.807, 2.05) is 26.0 Å². The Balaban J connectivity index is 0.000000243. The highest BCUT2D eigenvalue weighted by molar-refractivity contribution is 5.70. The number of benzene rings is 8. The van der Waals surface area contributed by atoms with Gasteiger partial charge in [0.2, 0.25) is 40.2 Å². The van der Waals surface area contributed by atoms with Gasteiger partial charge in [-0.3, -0.25) is 0 Å². The molecule has 0 atom stereocenters. The smallest absolute Gasteiger partial charge is 0.411 e. The van der Waals surface area contributed by atoms with Crippen molar-refractivity contribution in [2.45, 2.75) is 50.9 Å². The summed E-state index contributed by atoms with van der Waals surface area (Å²) in [6, 6.07) is 16.9. The lowest BCUT2D eigenvalue weighted by atomic mass is 9.73. The monoisotopic (exact) mass is 1210 g/mol. The lowest BCUT2D eigenvalue weighted by Crippen LogP contribution is -2.54. The van der Waals surface area contributed by atoms with E-state index in [-0.39, 0.29) is 23.6 Å². The fourth-order valence-corrected chi connectivity index (χ4v) is 8.71. The molecule has 0 aliphatic rings. The molecule has 0 spiro atoms. The summed E-state index contributed by atoms with van der Waals surface area (Å²) in [6.07, 6.45) is -12.1. The molecule has 0 radical (unpaired) electrons. The van der Waals surface area contributed by atoms with Crippen molar-refractivity contribution in [2.75, 3.05) is 14.2 Å². The molecule has 8 aromatic carbocycles. The van der Waals surface area contributed by atoms with E-state index in [0.717, 1.165) is 30.4 Å². The molecule has 444 valence electrons. The zero-order chi connectivity index (χ0) is 62.6. The van der Waals surface area contributed by atoms with Crippen molar-refractivity contribution < 1.29 is 116 Å². The van der Waals surface area contributed by atoms with E-state index in [1.54, 1.807) is 24.3 Å². The molecule has 0 aromatic heterocycles. The van der Waals surface area contributed by atoms with Crippen LogP contribution in [0.2, 0.25) is 0 Å². The molecule has 8 rings (SSSR count). The molecule has 0 aliphatic heterocycles. The summed E-state index contributed by atoms with van der Waals surface area (Å²) in [5.41, 5.74) is -16.9. The molecule has 0 bridgehead atoms. The summed E-state index contributed by atoms with van der Waals surface area (Å²) in [4.78, 5) is 0. The van der Waals surface area contributed by atoms with Gasteiger partial charge in [-0.15, -0.1) is 0 Å². The average molecular weight is 1210 g/mol. The standard InChI is InChI=1S/C29H14F14O2.C29H20F8O2/c1-11-18(30)20(32)16(21(33)19(11)31)17-22(34)24(36)26(25(37)23(17)35)45-15-9-5-13(6-10-15)27(28(38,39)40,29(41,42)43)12-3-7-14(44-2)8-4-12;1-13-20(30)22(32)18(23(33)21(13)31)19-24(34)26(36)28(27(37)25(19)35)39-17-11-7-15(8-12-17)29(2,3)14-5-9-16(38-4)10-6-14/h3-10H,1-2H3;5-12H,1-4H3. The van der Waals surface area contributed by atoms with Gasteiger partial charge in [0.15, 0.2) is 69.8 Å². The van der Waals surface area contributed by atoms with Gasteiger partial charge in [0.25, 0.3) is 0 Å². The fourth-order valence-electron chi connectivity index (χ4n) is 8.71. The highest BCUT2D eigenvalue weighted by atomic mass is 19.4. The molecule has 0 aliphatic carbocycles. The molecular weight excluding hydrogens is 1180 g/mol. The van der Waals surface area contributed by atoms with E-state index in [2.05, 4.69) is 4.74 Å². The number of alkyl halides is 6. The number of halogens is 22. The first-order valence-electron chi connectivity index (χ1n) is 23.5. The minimum Gasteiger partial charge on any atom is -0.497 e. The normalized spacial score (nSPS) is 12.0. The zero-order valence-corrected chi connectivity index (χ0v) is 43.2. The van der Waals surface area contributed by atoms with Gasteiger partial charge >= 0.3 is 12.4 Å². The predicted octanol–water partition coefficient (Wildman–Crippen LogP) is 18.9. The summed E-state index contributed by atoms with van der Waals surface area (Å²) in [5.74, 6) is -40.8. The van der Waals surface area contributed by atoms with Gasteiger partial charge in [0.05, 0.1) is 36.5 Å². The second-order valence-electron chi connectivity index (χ2n) is 18.5. The summed E-state index contributed by atoms with van der Waals surface area (Å²) < 4.78 is 337. The largest absolute Gasteiger partial charge is 0.497 e. The Morgan fingerprint density at radius 1 is 0.274 bits per heavy atom. The van der Waals surface area contributed by atoms with Gasteiger partial charge < -0.3 is 18.9 Å². The molecule has 0 saturated heterocycles. The van der Waals surface area contributed by atoms with E-state index in [4.69, 9.17) is 14.2 Å². The van der Waals surface area contributed by atoms with Crippen LogP contribution in [0.5, 0.6) is 34.5 Å². The highest BCUT2D eigenvalue weighted by Gasteiger charge is 2.72. The Morgan fingerprint density at radius 3 is 0.690 bits per heavy atom. The van der Waals surface area contributed by atoms with Crippen molar-refractivity contribution in [1.29, 1.82) is 0 Å². The number of hydrogen-bond acceptors (Lipinski definition) is 4. The quantitative estimate of drug-likeness (QED) is 0.0902. The summed E-state index contributed by atoms with van der Waals surface area (Å²) in [7, 11) is 2.65. The van der Waals surface area contributed by atoms with Crippen LogP contribution in [0.4, 0.5) is 96.6 Å². The fraction of sp³-hybridized carbons (Fsp3) is 0.172. The molecule has 0 unspecified atom stereocenters. The van der Waals surface area contributed by atoms with Crippen molar-refractivity contribution in [3.63, 3.8) is 0 Å². The second kappa shape index (κ2) is 23.2. The molecular formula is C58H34F22O4. The Hall–Kier alpha value is -8.58. The highest BCUT2D eigenvalue weighted by Crippen LogP contribution is 2.57. The summed E-state index contributed by atoms with van der Waals surface area (Å²) in [5, 5.41) is 0. The molecule has 4 nitrogen and oxygen atoms in total. The van der Waals surface area contributed by atoms with Gasteiger partial charge in [0, 0.05) is 16.5 Å². The van der Waals surface area contributed by atoms with Crippen LogP contribution in [-0.2, 0) is 10.8 Å². The first-order chi connectivity index (χ1) is 39.1. The molecule has 0 fully saturated rings. The maximum atomic E-state index is 14.8. The maximum absolute atomic E-state index is 14.8. The van der Waals surface area contributed by atoms with Gasteiger partial charge in [0.1, 0.15) is 23.0 Å². The lowest BCUT2D eigenvalue weighted by Gasteiger charge is -2.38. The van der Waals surface area contributed by atoms with Crippen LogP contribution in [0.1, 0.15) is 47.2 Å². The molecule has 84 heavy (non-hydrogen) atoms. The number of rotatable bonds is 12. The minimum absolute atomic E-state index is 0.0709. The first kappa shape index (κ1) is 63.0. The first-order valence-corrected chi connectivity index (χ1v) is 23.5. The van der Waals surface area contributed by atoms with Crippen LogP contribution in [0.3, 0.4) is 0 Å². The second-order valence-corrected chi connectivity index (χ2v) is 18.5. The molecule has 0 N–H and O–H groups in total. The van der Waals surface area contributed by atoms with Crippen molar-refractivity contribution in [2.24, 2.45) is 0 Å². The van der Waals surface area contributed by atoms with Crippen molar-refractivity contribution in [1.82, 2.24) is 0 Å². The van der Waals surface area contributed by atoms with E-state index in [9.17, 15) is 96.6 Å². The third-order valence-electron chi connectivity index (χ3n) is 13.4. The zero-order valence-electron chi connectivity index (χ0n) is 43.2. The maximum Gasteiger partial charge on any atom is 0.411 e. The van der Waals surface area contributed by atoms with Crippen LogP contribution in [0.15, 0.2) is 97.1 Å². The van der Waals surface area contributed by atoms with Crippen LogP contribution < -0.4 is 18.9 Å². The number of hydrogen-bond donors (Lipinski definition) is 0. The minimum atomic E-state index is -6.03. The lowest BCUT2D eigenvalue weighted by molar-refractivity contribution is -0.288. The van der Waals surface area contributed by atoms with Crippen molar-refractivity contribution in [3.8, 4) is 56.8 Å². The van der Waals surface area contributed by atoms with Crippen LogP contribution in [0, 0.1) is 107 Å². The van der Waals surface area contributed by atoms with Gasteiger partial charge in [-0.2, -0.15) is 43.9 Å². The van der Waals surface area contributed by atoms with E-state index in [1.165, 1.54) is 19.2 Å². The van der Waals surface area contributed by atoms with Crippen LogP contribution in [0.25, 0.3) is 22.3 Å². The van der Waals surface area contributed by atoms with E-state index >= 15 is 0 Å². The molecule has 0 heterocycles. The van der Waals surface area contributed by atoms with E-state index < -0.39 is 178 Å². The third kappa shape index (κ3) is 10.7. The Bertz CT molecular complexity index is 3690. The van der Waals surface area contributed by atoms with Crippen LogP contribution in [-0.4, -0.2) is 26.6 Å². The molecule has 26 heteroatoms. The van der Waals surface area contributed by atoms with Crippen molar-refractivity contribution in [3.05, 3.63) is 224 Å². The Morgan fingerprint density at radius 2 is 0.476 bits per heavy atom. The van der Waals surface area contributed by atoms with Gasteiger partial charge in [-0.05, 0) is 84.6 Å². The van der Waals surface area contributed by atoms with E-state index in [0.29, 0.717) is 43.9 Å². The van der Waals surface area contributed by atoms with Crippen molar-refractivity contribution >= 4 is 0 Å². The topological polar surface area (TPSA) is 36.9 Å². The number of ether oxygens (including phenoxy) is 4. The average Bonchev–Trinajstić information content (AvgIpc) is 1.78. The molecule has 0 saturated carbocycles. The summed E-state index contributed by atoms with van der Waals surface area (Å²) >= 11 is 0. The summed E-state index contributed by atoms with van der Waals surface area (Å²) in [6.45, 7) is 5.07. The molecule has 8 aromatic rings. The molecule has 0 amide bonds. The SMILES string of the molecule is COc1ccc(C(C)(C)c2ccc(Oc3c(F)c(F)c(-c4c(F)c(F)c(C)c(F)c4F)c(F)c3F)cc2)cc1.COc1ccc(C(c2ccc(Oc3c(F)c(F)c(-c4c(F)c(F)c(C)c(F)c4F)c(F)c3F)cc2)(C(F)(F)F)C(F)(F)F)cc1. The number of methoxy groups -OCH3 is 2. The Labute approximate surface area is 460 Å². The third-order valence-corrected chi connectivity index (χ3v) is 13.4. The predicted molar refractivity (Wildman–Crippen MR) is 257 cm³/mol. The van der Waals surface area contributed by atoms with Gasteiger partial charge in [-0.25, -0.2) is 52.7 Å². The van der Waals surface area contributed by atoms with Gasteiger partial charge in [-0.1, -0.05) is 62.4 Å². The van der Waals surface area contributed by atoms with Crippen LogP contribution >= 0.6 is 0 Å². The Kier molecular flexibility index (Phi) is 17.4.